The molecule has 1 aromatic heterocycles. The molecule has 0 atom stereocenters. The van der Waals surface area contributed by atoms with Gasteiger partial charge < -0.3 is 11.5 Å². The molecule has 0 radical (unpaired) electrons. The molecule has 0 saturated heterocycles. The number of fused-ring (bicyclic) bond motifs is 1. The Balaban J connectivity index is 2.05. The van der Waals surface area contributed by atoms with Crippen LogP contribution >= 0.6 is 0 Å². The first-order chi connectivity index (χ1) is 9.72. The van der Waals surface area contributed by atoms with Gasteiger partial charge in [-0.05, 0) is 23.3 Å². The molecule has 6 nitrogen and oxygen atoms in total. The molecule has 1 aliphatic rings. The van der Waals surface area contributed by atoms with Gasteiger partial charge >= 0.3 is 0 Å². The first-order valence-corrected chi connectivity index (χ1v) is 6.39. The summed E-state index contributed by atoms with van der Waals surface area (Å²) in [7, 11) is 0. The summed E-state index contributed by atoms with van der Waals surface area (Å²) in [5.41, 5.74) is 14.0. The van der Waals surface area contributed by atoms with E-state index in [0.29, 0.717) is 24.6 Å². The lowest BCUT2D eigenvalue weighted by molar-refractivity contribution is -0.116. The van der Waals surface area contributed by atoms with Crippen molar-refractivity contribution in [2.75, 3.05) is 4.90 Å². The molecule has 0 fully saturated rings. The Morgan fingerprint density at radius 2 is 2.05 bits per heavy atom. The summed E-state index contributed by atoms with van der Waals surface area (Å²) < 4.78 is 0. The number of aromatic nitrogens is 2. The lowest BCUT2D eigenvalue weighted by Crippen LogP contribution is -2.22. The topological polar surface area (TPSA) is 98.1 Å². The maximum atomic E-state index is 12.2. The van der Waals surface area contributed by atoms with Gasteiger partial charge in [-0.2, -0.15) is 0 Å². The largest absolute Gasteiger partial charge is 0.326 e. The van der Waals surface area contributed by atoms with Crippen LogP contribution in [0.2, 0.25) is 0 Å². The molecule has 6 heteroatoms. The summed E-state index contributed by atoms with van der Waals surface area (Å²) in [4.78, 5) is 22.2. The van der Waals surface area contributed by atoms with Crippen molar-refractivity contribution >= 4 is 17.4 Å². The summed E-state index contributed by atoms with van der Waals surface area (Å²) in [6, 6.07) is 7.52. The second-order valence-electron chi connectivity index (χ2n) is 4.61. The van der Waals surface area contributed by atoms with Gasteiger partial charge in [-0.1, -0.05) is 12.1 Å². The molecule has 1 aromatic carbocycles. The first-order valence-electron chi connectivity index (χ1n) is 6.39. The number of benzene rings is 1. The maximum absolute atomic E-state index is 12.2. The van der Waals surface area contributed by atoms with Crippen LogP contribution in [-0.2, 0) is 24.3 Å². The Hall–Kier alpha value is -2.31. The van der Waals surface area contributed by atoms with E-state index in [2.05, 4.69) is 9.97 Å². The molecule has 20 heavy (non-hydrogen) atoms. The van der Waals surface area contributed by atoms with E-state index in [-0.39, 0.29) is 12.5 Å². The number of carbonyl (C=O) groups is 1. The number of anilines is 2. The fraction of sp³-hybridized carbons (Fsp3) is 0.214. The van der Waals surface area contributed by atoms with E-state index in [9.17, 15) is 4.79 Å². The number of nitrogens with zero attached hydrogens (tertiary/aromatic N) is 3. The van der Waals surface area contributed by atoms with E-state index in [1.54, 1.807) is 17.2 Å². The minimum atomic E-state index is -0.00385. The molecular weight excluding hydrogens is 254 g/mol. The van der Waals surface area contributed by atoms with Crippen LogP contribution in [0.4, 0.5) is 11.5 Å². The molecule has 3 rings (SSSR count). The van der Waals surface area contributed by atoms with Gasteiger partial charge in [0.2, 0.25) is 5.91 Å². The SMILES string of the molecule is NCc1ccc2c(c1)CC(=O)N2c1ccnc(CN)n1. The highest BCUT2D eigenvalue weighted by molar-refractivity contribution is 6.06. The van der Waals surface area contributed by atoms with Gasteiger partial charge in [0.25, 0.3) is 0 Å². The smallest absolute Gasteiger partial charge is 0.237 e. The normalized spacial score (nSPS) is 13.7. The number of carbonyl (C=O) groups excluding carboxylic acids is 1. The number of hydrogen-bond acceptors (Lipinski definition) is 5. The zero-order valence-electron chi connectivity index (χ0n) is 10.9. The predicted molar refractivity (Wildman–Crippen MR) is 75.1 cm³/mol. The predicted octanol–water partition coefficient (Wildman–Crippen LogP) is 0.615. The highest BCUT2D eigenvalue weighted by Gasteiger charge is 2.29. The number of rotatable bonds is 3. The van der Waals surface area contributed by atoms with E-state index >= 15 is 0 Å². The van der Waals surface area contributed by atoms with Gasteiger partial charge in [0, 0.05) is 12.7 Å². The summed E-state index contributed by atoms with van der Waals surface area (Å²) in [6.07, 6.45) is 1.98. The summed E-state index contributed by atoms with van der Waals surface area (Å²) in [5.74, 6) is 1.07. The highest BCUT2D eigenvalue weighted by Crippen LogP contribution is 2.34. The molecule has 4 N–H and O–H groups in total. The molecule has 0 spiro atoms. The molecular formula is C14H15N5O. The Bertz CT molecular complexity index is 670. The molecule has 0 aliphatic carbocycles. The zero-order valence-corrected chi connectivity index (χ0v) is 10.9. The standard InChI is InChI=1S/C14H15N5O/c15-7-9-1-2-11-10(5-9)6-14(20)19(11)13-3-4-17-12(8-16)18-13/h1-5H,6-8,15-16H2. The molecule has 0 unspecified atom stereocenters. The molecule has 102 valence electrons. The van der Waals surface area contributed by atoms with E-state index in [1.165, 1.54) is 0 Å². The number of hydrogen-bond donors (Lipinski definition) is 2. The summed E-state index contributed by atoms with van der Waals surface area (Å²) in [5, 5.41) is 0. The van der Waals surface area contributed by atoms with Crippen molar-refractivity contribution in [1.29, 1.82) is 0 Å². The molecule has 0 saturated carbocycles. The van der Waals surface area contributed by atoms with E-state index < -0.39 is 0 Å². The van der Waals surface area contributed by atoms with Gasteiger partial charge in [-0.15, -0.1) is 0 Å². The van der Waals surface area contributed by atoms with Crippen molar-refractivity contribution < 1.29 is 4.79 Å². The van der Waals surface area contributed by atoms with E-state index in [4.69, 9.17) is 11.5 Å². The minimum Gasteiger partial charge on any atom is -0.326 e. The fourth-order valence-electron chi connectivity index (χ4n) is 2.36. The first kappa shape index (κ1) is 12.7. The lowest BCUT2D eigenvalue weighted by atomic mass is 10.1. The molecule has 1 aliphatic heterocycles. The summed E-state index contributed by atoms with van der Waals surface area (Å²) in [6.45, 7) is 0.709. The van der Waals surface area contributed by atoms with Gasteiger partial charge in [0.1, 0.15) is 11.6 Å². The van der Waals surface area contributed by atoms with Crippen LogP contribution in [0, 0.1) is 0 Å². The molecule has 1 amide bonds. The molecule has 0 bridgehead atoms. The van der Waals surface area contributed by atoms with Crippen LogP contribution in [0.25, 0.3) is 0 Å². The van der Waals surface area contributed by atoms with Crippen LogP contribution in [0.3, 0.4) is 0 Å². The third-order valence-electron chi connectivity index (χ3n) is 3.31. The fourth-order valence-corrected chi connectivity index (χ4v) is 2.36. The molecule has 2 aromatic rings. The number of amides is 1. The average Bonchev–Trinajstić information content (AvgIpc) is 2.82. The Morgan fingerprint density at radius 3 is 2.80 bits per heavy atom. The quantitative estimate of drug-likeness (QED) is 0.851. The van der Waals surface area contributed by atoms with E-state index in [1.807, 2.05) is 18.2 Å². The third-order valence-corrected chi connectivity index (χ3v) is 3.31. The van der Waals surface area contributed by atoms with Crippen molar-refractivity contribution in [3.05, 3.63) is 47.4 Å². The van der Waals surface area contributed by atoms with Crippen LogP contribution in [0.1, 0.15) is 17.0 Å². The minimum absolute atomic E-state index is 0.00385. The van der Waals surface area contributed by atoms with Gasteiger partial charge in [-0.3, -0.25) is 9.69 Å². The van der Waals surface area contributed by atoms with Crippen molar-refractivity contribution in [1.82, 2.24) is 9.97 Å². The van der Waals surface area contributed by atoms with Gasteiger partial charge in [0.05, 0.1) is 18.7 Å². The second-order valence-corrected chi connectivity index (χ2v) is 4.61. The van der Waals surface area contributed by atoms with Crippen molar-refractivity contribution in [3.8, 4) is 0 Å². The maximum Gasteiger partial charge on any atom is 0.237 e. The van der Waals surface area contributed by atoms with Crippen molar-refractivity contribution in [2.24, 2.45) is 11.5 Å². The van der Waals surface area contributed by atoms with Crippen LogP contribution < -0.4 is 16.4 Å². The summed E-state index contributed by atoms with van der Waals surface area (Å²) >= 11 is 0. The molecule has 2 heterocycles. The third kappa shape index (κ3) is 2.04. The monoisotopic (exact) mass is 269 g/mol. The van der Waals surface area contributed by atoms with Crippen LogP contribution in [0.15, 0.2) is 30.5 Å². The van der Waals surface area contributed by atoms with Crippen LogP contribution in [0.5, 0.6) is 0 Å². The Morgan fingerprint density at radius 1 is 1.20 bits per heavy atom. The van der Waals surface area contributed by atoms with Crippen molar-refractivity contribution in [2.45, 2.75) is 19.5 Å². The lowest BCUT2D eigenvalue weighted by Gasteiger charge is -2.16. The van der Waals surface area contributed by atoms with Gasteiger partial charge in [0.15, 0.2) is 0 Å². The number of nitrogens with two attached hydrogens (primary N) is 2. The van der Waals surface area contributed by atoms with E-state index in [0.717, 1.165) is 16.8 Å². The second kappa shape index (κ2) is 4.99. The highest BCUT2D eigenvalue weighted by atomic mass is 16.2. The zero-order chi connectivity index (χ0) is 14.1. The Labute approximate surface area is 116 Å². The van der Waals surface area contributed by atoms with Gasteiger partial charge in [-0.25, -0.2) is 9.97 Å². The Kier molecular flexibility index (Phi) is 3.17. The van der Waals surface area contributed by atoms with Crippen molar-refractivity contribution in [3.63, 3.8) is 0 Å². The van der Waals surface area contributed by atoms with Crippen LogP contribution in [-0.4, -0.2) is 15.9 Å². The average molecular weight is 269 g/mol.